The molecule has 0 aliphatic carbocycles. The van der Waals surface area contributed by atoms with Gasteiger partial charge in [0, 0.05) is 35.8 Å². The van der Waals surface area contributed by atoms with Crippen LogP contribution in [0.25, 0.3) is 0 Å². The molecule has 0 aromatic heterocycles. The van der Waals surface area contributed by atoms with Gasteiger partial charge in [0.1, 0.15) is 12.4 Å². The third-order valence-corrected chi connectivity index (χ3v) is 5.79. The van der Waals surface area contributed by atoms with Gasteiger partial charge in [-0.1, -0.05) is 17.7 Å². The highest BCUT2D eigenvalue weighted by Crippen LogP contribution is 2.23. The molecule has 30 heavy (non-hydrogen) atoms. The fraction of sp³-hybridized carbons (Fsp3) is 0.391. The molecule has 6 nitrogen and oxygen atoms in total. The minimum atomic E-state index is -0.0185. The molecule has 0 radical (unpaired) electrons. The zero-order chi connectivity index (χ0) is 20.9. The van der Waals surface area contributed by atoms with E-state index in [2.05, 4.69) is 0 Å². The zero-order valence-electron chi connectivity index (χ0n) is 16.8. The summed E-state index contributed by atoms with van der Waals surface area (Å²) >= 11 is 6.03. The Morgan fingerprint density at radius 2 is 1.77 bits per heavy atom. The third-order valence-electron chi connectivity index (χ3n) is 5.55. The van der Waals surface area contributed by atoms with Crippen LogP contribution in [0.5, 0.6) is 5.75 Å². The molecule has 4 rings (SSSR count). The lowest BCUT2D eigenvalue weighted by Crippen LogP contribution is -2.40. The van der Waals surface area contributed by atoms with E-state index in [1.807, 2.05) is 17.0 Å². The van der Waals surface area contributed by atoms with Gasteiger partial charge in [-0.05, 0) is 55.3 Å². The molecule has 2 aliphatic heterocycles. The molecule has 7 heteroatoms. The maximum Gasteiger partial charge on any atom is 0.254 e. The van der Waals surface area contributed by atoms with Crippen molar-refractivity contribution in [1.82, 2.24) is 9.80 Å². The van der Waals surface area contributed by atoms with Crippen LogP contribution in [0.3, 0.4) is 0 Å². The Hall–Kier alpha value is -2.57. The number of nitrogens with zero attached hydrogens (tertiary/aromatic N) is 2. The van der Waals surface area contributed by atoms with E-state index in [-0.39, 0.29) is 17.9 Å². The van der Waals surface area contributed by atoms with Crippen molar-refractivity contribution in [2.24, 2.45) is 0 Å². The second kappa shape index (κ2) is 9.49. The summed E-state index contributed by atoms with van der Waals surface area (Å²) in [5.41, 5.74) is 1.24. The van der Waals surface area contributed by atoms with Gasteiger partial charge < -0.3 is 19.3 Å². The molecule has 1 atom stereocenters. The fourth-order valence-corrected chi connectivity index (χ4v) is 4.09. The van der Waals surface area contributed by atoms with Crippen molar-refractivity contribution < 1.29 is 19.1 Å². The molecule has 2 aromatic carbocycles. The predicted octanol–water partition coefficient (Wildman–Crippen LogP) is 3.50. The summed E-state index contributed by atoms with van der Waals surface area (Å²) in [5.74, 6) is 0.685. The van der Waals surface area contributed by atoms with Gasteiger partial charge in [0.05, 0.1) is 19.3 Å². The van der Waals surface area contributed by atoms with Crippen LogP contribution in [0.4, 0.5) is 0 Å². The summed E-state index contributed by atoms with van der Waals surface area (Å²) in [7, 11) is 0. The molecule has 2 heterocycles. The Bertz CT molecular complexity index is 896. The number of carbonyl (C=O) groups is 2. The van der Waals surface area contributed by atoms with E-state index in [0.29, 0.717) is 61.4 Å². The standard InChI is InChI=1S/C23H25ClN2O4/c24-19-4-1-3-18(15-19)23(28)26-10-2-5-20(26)16-30-21-8-6-17(7-9-21)22(27)25-11-13-29-14-12-25/h1,3-4,6-9,15,20H,2,5,10-14,16H2. The number of hydrogen-bond acceptors (Lipinski definition) is 4. The van der Waals surface area contributed by atoms with Gasteiger partial charge in [0.2, 0.25) is 0 Å². The number of amides is 2. The van der Waals surface area contributed by atoms with Crippen molar-refractivity contribution in [2.45, 2.75) is 18.9 Å². The molecule has 158 valence electrons. The highest BCUT2D eigenvalue weighted by molar-refractivity contribution is 6.30. The molecule has 0 bridgehead atoms. The average molecular weight is 429 g/mol. The smallest absolute Gasteiger partial charge is 0.254 e. The highest BCUT2D eigenvalue weighted by Gasteiger charge is 2.30. The summed E-state index contributed by atoms with van der Waals surface area (Å²) in [6.45, 7) is 3.54. The summed E-state index contributed by atoms with van der Waals surface area (Å²) in [5, 5.41) is 0.555. The van der Waals surface area contributed by atoms with E-state index in [1.165, 1.54) is 0 Å². The topological polar surface area (TPSA) is 59.1 Å². The first kappa shape index (κ1) is 20.7. The van der Waals surface area contributed by atoms with E-state index in [4.69, 9.17) is 21.1 Å². The fourth-order valence-electron chi connectivity index (χ4n) is 3.90. The van der Waals surface area contributed by atoms with Gasteiger partial charge in [-0.25, -0.2) is 0 Å². The minimum absolute atomic E-state index is 0.0129. The number of ether oxygens (including phenoxy) is 2. The summed E-state index contributed by atoms with van der Waals surface area (Å²) in [4.78, 5) is 29.0. The van der Waals surface area contributed by atoms with Gasteiger partial charge >= 0.3 is 0 Å². The van der Waals surface area contributed by atoms with Crippen molar-refractivity contribution in [2.75, 3.05) is 39.5 Å². The number of rotatable bonds is 5. The molecular weight excluding hydrogens is 404 g/mol. The lowest BCUT2D eigenvalue weighted by molar-refractivity contribution is 0.0303. The van der Waals surface area contributed by atoms with E-state index >= 15 is 0 Å². The molecular formula is C23H25ClN2O4. The second-order valence-corrected chi connectivity index (χ2v) is 7.98. The highest BCUT2D eigenvalue weighted by atomic mass is 35.5. The Labute approximate surface area is 181 Å². The minimum Gasteiger partial charge on any atom is -0.491 e. The lowest BCUT2D eigenvalue weighted by atomic mass is 10.1. The van der Waals surface area contributed by atoms with Crippen LogP contribution in [-0.2, 0) is 4.74 Å². The van der Waals surface area contributed by atoms with Gasteiger partial charge in [0.25, 0.3) is 11.8 Å². The normalized spacial score (nSPS) is 19.0. The molecule has 2 fully saturated rings. The molecule has 2 aliphatic rings. The summed E-state index contributed by atoms with van der Waals surface area (Å²) in [6, 6.07) is 14.3. The summed E-state index contributed by atoms with van der Waals surface area (Å²) < 4.78 is 11.2. The number of likely N-dealkylation sites (tertiary alicyclic amines) is 1. The van der Waals surface area contributed by atoms with Gasteiger partial charge in [-0.3, -0.25) is 9.59 Å². The van der Waals surface area contributed by atoms with Crippen LogP contribution >= 0.6 is 11.6 Å². The molecule has 0 saturated carbocycles. The van der Waals surface area contributed by atoms with Crippen molar-refractivity contribution in [3.05, 3.63) is 64.7 Å². The van der Waals surface area contributed by atoms with E-state index < -0.39 is 0 Å². The molecule has 0 spiro atoms. The number of halogens is 1. The van der Waals surface area contributed by atoms with Gasteiger partial charge in [0.15, 0.2) is 0 Å². The van der Waals surface area contributed by atoms with Crippen molar-refractivity contribution in [1.29, 1.82) is 0 Å². The average Bonchev–Trinajstić information content (AvgIpc) is 3.26. The first-order valence-electron chi connectivity index (χ1n) is 10.3. The number of carbonyl (C=O) groups excluding carboxylic acids is 2. The Morgan fingerprint density at radius 1 is 1.00 bits per heavy atom. The Morgan fingerprint density at radius 3 is 2.50 bits per heavy atom. The van der Waals surface area contributed by atoms with Crippen LogP contribution in [-0.4, -0.2) is 67.1 Å². The van der Waals surface area contributed by atoms with Crippen LogP contribution in [0.2, 0.25) is 5.02 Å². The number of benzene rings is 2. The summed E-state index contributed by atoms with van der Waals surface area (Å²) in [6.07, 6.45) is 1.85. The third kappa shape index (κ3) is 4.77. The first-order valence-corrected chi connectivity index (χ1v) is 10.7. The van der Waals surface area contributed by atoms with E-state index in [1.54, 1.807) is 41.3 Å². The Balaban J connectivity index is 1.34. The maximum absolute atomic E-state index is 12.9. The monoisotopic (exact) mass is 428 g/mol. The maximum atomic E-state index is 12.9. The largest absolute Gasteiger partial charge is 0.491 e. The molecule has 2 amide bonds. The quantitative estimate of drug-likeness (QED) is 0.731. The first-order chi connectivity index (χ1) is 14.6. The molecule has 2 saturated heterocycles. The molecule has 0 N–H and O–H groups in total. The van der Waals surface area contributed by atoms with Gasteiger partial charge in [-0.2, -0.15) is 0 Å². The zero-order valence-corrected chi connectivity index (χ0v) is 17.5. The van der Waals surface area contributed by atoms with Crippen LogP contribution in [0.15, 0.2) is 48.5 Å². The van der Waals surface area contributed by atoms with Gasteiger partial charge in [-0.15, -0.1) is 0 Å². The number of morpholine rings is 1. The van der Waals surface area contributed by atoms with Crippen molar-refractivity contribution in [3.63, 3.8) is 0 Å². The second-order valence-electron chi connectivity index (χ2n) is 7.54. The molecule has 2 aromatic rings. The van der Waals surface area contributed by atoms with Crippen molar-refractivity contribution in [3.8, 4) is 5.75 Å². The van der Waals surface area contributed by atoms with Crippen molar-refractivity contribution >= 4 is 23.4 Å². The SMILES string of the molecule is O=C(c1ccc(OCC2CCCN2C(=O)c2cccc(Cl)c2)cc1)N1CCOCC1. The van der Waals surface area contributed by atoms with Crippen LogP contribution in [0, 0.1) is 0 Å². The molecule has 1 unspecified atom stereocenters. The van der Waals surface area contributed by atoms with E-state index in [0.717, 1.165) is 12.8 Å². The lowest BCUT2D eigenvalue weighted by Gasteiger charge is -2.27. The van der Waals surface area contributed by atoms with Crippen LogP contribution < -0.4 is 4.74 Å². The van der Waals surface area contributed by atoms with Crippen LogP contribution in [0.1, 0.15) is 33.6 Å². The number of hydrogen-bond donors (Lipinski definition) is 0. The predicted molar refractivity (Wildman–Crippen MR) is 114 cm³/mol. The Kier molecular flexibility index (Phi) is 6.55. The van der Waals surface area contributed by atoms with E-state index in [9.17, 15) is 9.59 Å².